The van der Waals surface area contributed by atoms with Crippen molar-refractivity contribution in [2.75, 3.05) is 57.5 Å². The number of aryl methyl sites for hydroxylation is 1. The molecule has 0 radical (unpaired) electrons. The van der Waals surface area contributed by atoms with Crippen molar-refractivity contribution in [1.29, 1.82) is 0 Å². The van der Waals surface area contributed by atoms with E-state index in [1.165, 1.54) is 23.1 Å². The van der Waals surface area contributed by atoms with E-state index >= 15 is 0 Å². The van der Waals surface area contributed by atoms with E-state index in [0.717, 1.165) is 15.8 Å². The topological polar surface area (TPSA) is 93.4 Å². The third-order valence-corrected chi connectivity index (χ3v) is 7.27. The minimum absolute atomic E-state index is 0.0366. The molecule has 0 bridgehead atoms. The van der Waals surface area contributed by atoms with Crippen molar-refractivity contribution in [3.63, 3.8) is 0 Å². The summed E-state index contributed by atoms with van der Waals surface area (Å²) in [7, 11) is 0. The van der Waals surface area contributed by atoms with E-state index in [9.17, 15) is 14.4 Å². The minimum atomic E-state index is -0.342. The Morgan fingerprint density at radius 2 is 1.79 bits per heavy atom. The van der Waals surface area contributed by atoms with E-state index in [1.807, 2.05) is 30.5 Å². The molecule has 1 aromatic heterocycles. The smallest absolute Gasteiger partial charge is 0.409 e. The fourth-order valence-corrected chi connectivity index (χ4v) is 5.46. The molecule has 0 unspecified atom stereocenters. The van der Waals surface area contributed by atoms with Crippen molar-refractivity contribution in [3.05, 3.63) is 28.6 Å². The zero-order chi connectivity index (χ0) is 24.5. The van der Waals surface area contributed by atoms with Crippen molar-refractivity contribution in [2.24, 2.45) is 4.99 Å². The van der Waals surface area contributed by atoms with Crippen molar-refractivity contribution in [3.8, 4) is 0 Å². The SMILES string of the molecule is CCOCCn1c(=NC(=O)CSCC(=O)N2CCN(C(=O)OCC)CC2)sc2cc(C)ccc21. The van der Waals surface area contributed by atoms with E-state index in [1.54, 1.807) is 16.7 Å². The lowest BCUT2D eigenvalue weighted by atomic mass is 10.2. The lowest BCUT2D eigenvalue weighted by Gasteiger charge is -2.34. The third kappa shape index (κ3) is 7.07. The largest absolute Gasteiger partial charge is 0.450 e. The number of piperazine rings is 1. The highest BCUT2D eigenvalue weighted by atomic mass is 32.2. The second-order valence-electron chi connectivity index (χ2n) is 7.77. The summed E-state index contributed by atoms with van der Waals surface area (Å²) in [6.07, 6.45) is -0.342. The highest BCUT2D eigenvalue weighted by Gasteiger charge is 2.24. The molecule has 9 nitrogen and oxygen atoms in total. The molecule has 3 rings (SSSR count). The zero-order valence-corrected chi connectivity index (χ0v) is 21.6. The number of carbonyl (C=O) groups is 3. The maximum atomic E-state index is 12.6. The molecule has 1 saturated heterocycles. The van der Waals surface area contributed by atoms with Gasteiger partial charge in [0.15, 0.2) is 4.80 Å². The van der Waals surface area contributed by atoms with Gasteiger partial charge in [0.1, 0.15) is 0 Å². The molecule has 0 atom stereocenters. The van der Waals surface area contributed by atoms with Crippen LogP contribution in [0.2, 0.25) is 0 Å². The maximum absolute atomic E-state index is 12.6. The predicted octanol–water partition coefficient (Wildman–Crippen LogP) is 2.51. The Hall–Kier alpha value is -2.37. The Morgan fingerprint density at radius 1 is 1.06 bits per heavy atom. The van der Waals surface area contributed by atoms with Crippen LogP contribution in [-0.4, -0.2) is 89.8 Å². The van der Waals surface area contributed by atoms with E-state index in [2.05, 4.69) is 11.1 Å². The number of benzene rings is 1. The first-order valence-corrected chi connectivity index (χ1v) is 13.4. The standard InChI is InChI=1S/C23H32N4O5S2/c1-4-31-13-12-27-18-7-6-17(3)14-19(18)34-22(27)24-20(28)15-33-16-21(29)25-8-10-26(11-9-25)23(30)32-5-2/h6-7,14H,4-5,8-13,15-16H2,1-3H3. The molecule has 2 heterocycles. The summed E-state index contributed by atoms with van der Waals surface area (Å²) < 4.78 is 13.6. The van der Waals surface area contributed by atoms with Crippen LogP contribution in [0, 0.1) is 6.92 Å². The van der Waals surface area contributed by atoms with Crippen LogP contribution in [-0.2, 0) is 25.6 Å². The molecule has 0 N–H and O–H groups in total. The van der Waals surface area contributed by atoms with Crippen LogP contribution in [0.4, 0.5) is 4.79 Å². The summed E-state index contributed by atoms with van der Waals surface area (Å²) in [6, 6.07) is 6.19. The number of thioether (sulfide) groups is 1. The molecule has 1 aliphatic rings. The molecule has 1 fully saturated rings. The first-order chi connectivity index (χ1) is 16.4. The van der Waals surface area contributed by atoms with Crippen LogP contribution in [0.15, 0.2) is 23.2 Å². The van der Waals surface area contributed by atoms with Gasteiger partial charge in [-0.15, -0.1) is 11.8 Å². The number of ether oxygens (including phenoxy) is 2. The van der Waals surface area contributed by atoms with Gasteiger partial charge in [-0.2, -0.15) is 4.99 Å². The van der Waals surface area contributed by atoms with Gasteiger partial charge < -0.3 is 23.8 Å². The monoisotopic (exact) mass is 508 g/mol. The molecular weight excluding hydrogens is 476 g/mol. The van der Waals surface area contributed by atoms with Gasteiger partial charge in [-0.3, -0.25) is 9.59 Å². The number of thiazole rings is 1. The fourth-order valence-electron chi connectivity index (χ4n) is 3.59. The van der Waals surface area contributed by atoms with Gasteiger partial charge >= 0.3 is 6.09 Å². The second kappa shape index (κ2) is 12.9. The van der Waals surface area contributed by atoms with Crippen LogP contribution < -0.4 is 4.80 Å². The maximum Gasteiger partial charge on any atom is 0.409 e. The number of carbonyl (C=O) groups excluding carboxylic acids is 3. The normalized spacial score (nSPS) is 14.6. The van der Waals surface area contributed by atoms with Gasteiger partial charge in [-0.1, -0.05) is 17.4 Å². The molecule has 0 saturated carbocycles. The van der Waals surface area contributed by atoms with Gasteiger partial charge in [0.05, 0.1) is 34.9 Å². The average Bonchev–Trinajstić information content (AvgIpc) is 3.15. The van der Waals surface area contributed by atoms with E-state index in [-0.39, 0.29) is 29.4 Å². The van der Waals surface area contributed by atoms with Gasteiger partial charge in [0.2, 0.25) is 5.91 Å². The number of aromatic nitrogens is 1. The van der Waals surface area contributed by atoms with E-state index in [0.29, 0.717) is 57.3 Å². The molecule has 3 amide bonds. The Morgan fingerprint density at radius 3 is 2.50 bits per heavy atom. The summed E-state index contributed by atoms with van der Waals surface area (Å²) in [6.45, 7) is 9.74. The summed E-state index contributed by atoms with van der Waals surface area (Å²) in [5.41, 5.74) is 2.19. The highest BCUT2D eigenvalue weighted by molar-refractivity contribution is 8.00. The molecule has 1 aliphatic heterocycles. The van der Waals surface area contributed by atoms with Crippen molar-refractivity contribution < 1.29 is 23.9 Å². The van der Waals surface area contributed by atoms with Gasteiger partial charge in [0.25, 0.3) is 5.91 Å². The Balaban J connectivity index is 1.55. The first kappa shape index (κ1) is 26.2. The number of rotatable bonds is 9. The lowest BCUT2D eigenvalue weighted by molar-refractivity contribution is -0.129. The second-order valence-corrected chi connectivity index (χ2v) is 9.76. The fraction of sp³-hybridized carbons (Fsp3) is 0.565. The van der Waals surface area contributed by atoms with Crippen LogP contribution in [0.1, 0.15) is 19.4 Å². The molecule has 11 heteroatoms. The number of fused-ring (bicyclic) bond motifs is 1. The quantitative estimate of drug-likeness (QED) is 0.483. The molecule has 186 valence electrons. The molecular formula is C23H32N4O5S2. The van der Waals surface area contributed by atoms with E-state index < -0.39 is 0 Å². The summed E-state index contributed by atoms with van der Waals surface area (Å²) in [4.78, 5) is 45.2. The lowest BCUT2D eigenvalue weighted by Crippen LogP contribution is -2.51. The molecule has 1 aromatic carbocycles. The van der Waals surface area contributed by atoms with Gasteiger partial charge in [0, 0.05) is 39.3 Å². The first-order valence-electron chi connectivity index (χ1n) is 11.5. The van der Waals surface area contributed by atoms with Crippen LogP contribution in [0.25, 0.3) is 10.2 Å². The Bertz CT molecular complexity index is 1070. The highest BCUT2D eigenvalue weighted by Crippen LogP contribution is 2.19. The van der Waals surface area contributed by atoms with Crippen LogP contribution in [0.5, 0.6) is 0 Å². The molecule has 34 heavy (non-hydrogen) atoms. The van der Waals surface area contributed by atoms with Crippen molar-refractivity contribution in [2.45, 2.75) is 27.3 Å². The Labute approximate surface area is 207 Å². The van der Waals surface area contributed by atoms with Crippen LogP contribution >= 0.6 is 23.1 Å². The summed E-state index contributed by atoms with van der Waals surface area (Å²) >= 11 is 2.75. The molecule has 0 spiro atoms. The molecule has 0 aliphatic carbocycles. The van der Waals surface area contributed by atoms with E-state index in [4.69, 9.17) is 9.47 Å². The van der Waals surface area contributed by atoms with Gasteiger partial charge in [-0.05, 0) is 38.5 Å². The Kier molecular flexibility index (Phi) is 9.97. The number of amides is 3. The average molecular weight is 509 g/mol. The van der Waals surface area contributed by atoms with Crippen molar-refractivity contribution >= 4 is 51.2 Å². The zero-order valence-electron chi connectivity index (χ0n) is 19.9. The summed E-state index contributed by atoms with van der Waals surface area (Å²) in [5, 5.41) is 0. The van der Waals surface area contributed by atoms with Gasteiger partial charge in [-0.25, -0.2) is 4.79 Å². The van der Waals surface area contributed by atoms with Crippen LogP contribution in [0.3, 0.4) is 0 Å². The predicted molar refractivity (Wildman–Crippen MR) is 134 cm³/mol. The number of hydrogen-bond acceptors (Lipinski definition) is 7. The summed E-state index contributed by atoms with van der Waals surface area (Å²) in [5.74, 6) is 0.0351. The molecule has 2 aromatic rings. The number of hydrogen-bond donors (Lipinski definition) is 0. The number of nitrogens with zero attached hydrogens (tertiary/aromatic N) is 4. The van der Waals surface area contributed by atoms with Crippen molar-refractivity contribution in [1.82, 2.24) is 14.4 Å². The minimum Gasteiger partial charge on any atom is -0.450 e. The third-order valence-electron chi connectivity index (χ3n) is 5.33.